The van der Waals surface area contributed by atoms with E-state index in [2.05, 4.69) is 42.3 Å². The lowest BCUT2D eigenvalue weighted by Gasteiger charge is -2.13. The van der Waals surface area contributed by atoms with Gasteiger partial charge in [-0.2, -0.15) is 0 Å². The molecule has 0 aliphatic rings. The lowest BCUT2D eigenvalue weighted by Crippen LogP contribution is -2.29. The lowest BCUT2D eigenvalue weighted by atomic mass is 10.0. The number of hydrogen-bond acceptors (Lipinski definition) is 2. The smallest absolute Gasteiger partial charge is 0.223 e. The minimum absolute atomic E-state index is 0.0383. The summed E-state index contributed by atoms with van der Waals surface area (Å²) in [6.07, 6.45) is 4.46. The first-order chi connectivity index (χ1) is 10.6. The molecule has 1 atom stereocenters. The van der Waals surface area contributed by atoms with Gasteiger partial charge in [-0.25, -0.2) is 0 Å². The van der Waals surface area contributed by atoms with Crippen LogP contribution in [-0.2, 0) is 17.8 Å². The van der Waals surface area contributed by atoms with Crippen molar-refractivity contribution in [2.75, 3.05) is 0 Å². The number of amides is 1. The Balaban J connectivity index is 1.88. The van der Waals surface area contributed by atoms with Crippen LogP contribution in [0.1, 0.15) is 43.4 Å². The molecule has 0 radical (unpaired) electrons. The van der Waals surface area contributed by atoms with Crippen LogP contribution in [0.25, 0.3) is 0 Å². The minimum Gasteiger partial charge on any atom is -0.352 e. The monoisotopic (exact) mass is 296 g/mol. The van der Waals surface area contributed by atoms with Crippen molar-refractivity contribution in [3.05, 3.63) is 65.5 Å². The number of hydrogen-bond donors (Lipinski definition) is 1. The molecular weight excluding hydrogens is 272 g/mol. The van der Waals surface area contributed by atoms with Crippen molar-refractivity contribution in [1.82, 2.24) is 10.3 Å². The molecule has 3 heteroatoms. The van der Waals surface area contributed by atoms with Crippen LogP contribution >= 0.6 is 0 Å². The molecule has 0 aliphatic heterocycles. The van der Waals surface area contributed by atoms with Gasteiger partial charge in [-0.15, -0.1) is 0 Å². The van der Waals surface area contributed by atoms with Gasteiger partial charge in [0, 0.05) is 24.9 Å². The molecule has 0 spiro atoms. The topological polar surface area (TPSA) is 42.0 Å². The molecule has 1 aromatic heterocycles. The molecule has 2 rings (SSSR count). The zero-order valence-corrected chi connectivity index (χ0v) is 13.5. The third-order valence-corrected chi connectivity index (χ3v) is 3.78. The van der Waals surface area contributed by atoms with E-state index in [0.717, 1.165) is 12.0 Å². The largest absolute Gasteiger partial charge is 0.352 e. The summed E-state index contributed by atoms with van der Waals surface area (Å²) < 4.78 is 0. The fraction of sp³-hybridized carbons (Fsp3) is 0.368. The van der Waals surface area contributed by atoms with Crippen molar-refractivity contribution in [2.24, 2.45) is 5.92 Å². The van der Waals surface area contributed by atoms with Crippen LogP contribution in [-0.4, -0.2) is 10.9 Å². The highest BCUT2D eigenvalue weighted by atomic mass is 16.1. The average molecular weight is 296 g/mol. The van der Waals surface area contributed by atoms with Gasteiger partial charge in [0.15, 0.2) is 0 Å². The molecule has 0 unspecified atom stereocenters. The predicted molar refractivity (Wildman–Crippen MR) is 89.5 cm³/mol. The highest BCUT2D eigenvalue weighted by Gasteiger charge is 2.13. The normalized spacial score (nSPS) is 12.2. The van der Waals surface area contributed by atoms with Gasteiger partial charge in [0.1, 0.15) is 0 Å². The summed E-state index contributed by atoms with van der Waals surface area (Å²) in [6.45, 7) is 6.78. The third kappa shape index (κ3) is 4.69. The molecule has 2 aromatic rings. The van der Waals surface area contributed by atoms with Gasteiger partial charge in [-0.05, 0) is 29.0 Å². The van der Waals surface area contributed by atoms with Crippen molar-refractivity contribution in [1.29, 1.82) is 0 Å². The average Bonchev–Trinajstić information content (AvgIpc) is 2.53. The Kier molecular flexibility index (Phi) is 5.70. The molecule has 3 nitrogen and oxygen atoms in total. The maximum Gasteiger partial charge on any atom is 0.223 e. The van der Waals surface area contributed by atoms with Crippen molar-refractivity contribution < 1.29 is 4.79 Å². The molecule has 22 heavy (non-hydrogen) atoms. The first kappa shape index (κ1) is 16.2. The summed E-state index contributed by atoms with van der Waals surface area (Å²) in [6, 6.07) is 12.2. The number of carbonyl (C=O) groups excluding carboxylic acids is 1. The molecule has 0 bridgehead atoms. The van der Waals surface area contributed by atoms with Crippen LogP contribution in [0.4, 0.5) is 0 Å². The molecule has 0 saturated carbocycles. The molecule has 1 amide bonds. The molecular formula is C19H24N2O. The van der Waals surface area contributed by atoms with Gasteiger partial charge in [-0.1, -0.05) is 57.2 Å². The van der Waals surface area contributed by atoms with Gasteiger partial charge >= 0.3 is 0 Å². The number of aromatic nitrogens is 1. The Morgan fingerprint density at radius 2 is 1.82 bits per heavy atom. The Labute approximate surface area is 132 Å². The van der Waals surface area contributed by atoms with Crippen molar-refractivity contribution in [3.63, 3.8) is 0 Å². The first-order valence-corrected chi connectivity index (χ1v) is 7.81. The van der Waals surface area contributed by atoms with E-state index in [4.69, 9.17) is 0 Å². The fourth-order valence-corrected chi connectivity index (χ4v) is 2.34. The Morgan fingerprint density at radius 1 is 1.09 bits per heavy atom. The van der Waals surface area contributed by atoms with E-state index in [-0.39, 0.29) is 11.8 Å². The predicted octanol–water partition coefficient (Wildman–Crippen LogP) is 3.70. The highest BCUT2D eigenvalue weighted by molar-refractivity contribution is 5.78. The molecule has 0 aliphatic carbocycles. The number of benzene rings is 1. The number of carbonyl (C=O) groups is 1. The molecule has 0 fully saturated rings. The quantitative estimate of drug-likeness (QED) is 0.883. The van der Waals surface area contributed by atoms with E-state index in [9.17, 15) is 4.79 Å². The molecule has 0 saturated heterocycles. The van der Waals surface area contributed by atoms with Crippen LogP contribution in [0, 0.1) is 5.92 Å². The van der Waals surface area contributed by atoms with Crippen LogP contribution in [0.3, 0.4) is 0 Å². The van der Waals surface area contributed by atoms with E-state index >= 15 is 0 Å². The molecule has 1 N–H and O–H groups in total. The highest BCUT2D eigenvalue weighted by Crippen LogP contribution is 2.14. The first-order valence-electron chi connectivity index (χ1n) is 7.81. The van der Waals surface area contributed by atoms with Crippen LogP contribution < -0.4 is 5.32 Å². The number of nitrogens with one attached hydrogen (secondary N) is 1. The summed E-state index contributed by atoms with van der Waals surface area (Å²) in [7, 11) is 0. The maximum atomic E-state index is 12.2. The second kappa shape index (κ2) is 7.74. The fourth-order valence-electron chi connectivity index (χ4n) is 2.34. The third-order valence-electron chi connectivity index (χ3n) is 3.78. The second-order valence-corrected chi connectivity index (χ2v) is 6.09. The summed E-state index contributed by atoms with van der Waals surface area (Å²) in [5.74, 6) is 0.489. The van der Waals surface area contributed by atoms with E-state index in [1.165, 1.54) is 11.1 Å². The van der Waals surface area contributed by atoms with Gasteiger partial charge in [0.05, 0.1) is 0 Å². The Morgan fingerprint density at radius 3 is 2.50 bits per heavy atom. The van der Waals surface area contributed by atoms with Crippen LogP contribution in [0.15, 0.2) is 48.8 Å². The minimum atomic E-state index is -0.0383. The van der Waals surface area contributed by atoms with Gasteiger partial charge in [0.2, 0.25) is 5.91 Å². The zero-order valence-electron chi connectivity index (χ0n) is 13.5. The number of rotatable bonds is 6. The van der Waals surface area contributed by atoms with E-state index in [0.29, 0.717) is 12.5 Å². The number of pyridine rings is 1. The van der Waals surface area contributed by atoms with Gasteiger partial charge in [0.25, 0.3) is 0 Å². The van der Waals surface area contributed by atoms with Crippen molar-refractivity contribution in [2.45, 2.75) is 39.7 Å². The van der Waals surface area contributed by atoms with E-state index < -0.39 is 0 Å². The number of nitrogens with zero attached hydrogens (tertiary/aromatic N) is 1. The molecule has 116 valence electrons. The Bertz CT molecular complexity index is 608. The standard InChI is InChI=1S/C19H24N2O/c1-14(2)18-10-17(11-20-13-18)12-21-19(22)15(3)9-16-7-5-4-6-8-16/h4-8,10-11,13-15H,9,12H2,1-3H3,(H,21,22)/t15-/m0/s1. The summed E-state index contributed by atoms with van der Waals surface area (Å²) >= 11 is 0. The van der Waals surface area contributed by atoms with Gasteiger partial charge in [-0.3, -0.25) is 9.78 Å². The van der Waals surface area contributed by atoms with Crippen LogP contribution in [0.2, 0.25) is 0 Å². The van der Waals surface area contributed by atoms with Crippen LogP contribution in [0.5, 0.6) is 0 Å². The lowest BCUT2D eigenvalue weighted by molar-refractivity contribution is -0.124. The Hall–Kier alpha value is -2.16. The molecule has 1 heterocycles. The summed E-state index contributed by atoms with van der Waals surface area (Å²) in [5.41, 5.74) is 3.43. The van der Waals surface area contributed by atoms with Crippen molar-refractivity contribution in [3.8, 4) is 0 Å². The van der Waals surface area contributed by atoms with E-state index in [1.54, 1.807) is 0 Å². The summed E-state index contributed by atoms with van der Waals surface area (Å²) in [4.78, 5) is 16.5. The van der Waals surface area contributed by atoms with E-state index in [1.807, 2.05) is 37.5 Å². The SMILES string of the molecule is CC(C)c1cncc(CNC(=O)[C@@H](C)Cc2ccccc2)c1. The summed E-state index contributed by atoms with van der Waals surface area (Å²) in [5, 5.41) is 3.01. The van der Waals surface area contributed by atoms with Crippen molar-refractivity contribution >= 4 is 5.91 Å². The van der Waals surface area contributed by atoms with Gasteiger partial charge < -0.3 is 5.32 Å². The maximum absolute atomic E-state index is 12.2. The zero-order chi connectivity index (χ0) is 15.9. The second-order valence-electron chi connectivity index (χ2n) is 6.09. The molecule has 1 aromatic carbocycles.